The highest BCUT2D eigenvalue weighted by Crippen LogP contribution is 2.40. The van der Waals surface area contributed by atoms with E-state index in [-0.39, 0.29) is 5.54 Å². The Morgan fingerprint density at radius 1 is 1.31 bits per heavy atom. The van der Waals surface area contributed by atoms with Crippen molar-refractivity contribution in [1.29, 1.82) is 0 Å². The summed E-state index contributed by atoms with van der Waals surface area (Å²) in [7, 11) is 0. The average Bonchev–Trinajstić information content (AvgIpc) is 2.32. The molecule has 2 rings (SSSR count). The van der Waals surface area contributed by atoms with Gasteiger partial charge in [0.25, 0.3) is 0 Å². The third-order valence-corrected chi connectivity index (χ3v) is 3.46. The molecule has 2 fully saturated rings. The molecule has 2 unspecified atom stereocenters. The summed E-state index contributed by atoms with van der Waals surface area (Å²) in [6, 6.07) is 0. The maximum Gasteiger partial charge on any atom is 0.0597 e. The van der Waals surface area contributed by atoms with Gasteiger partial charge >= 0.3 is 0 Å². The molecule has 0 aromatic rings. The summed E-state index contributed by atoms with van der Waals surface area (Å²) >= 11 is 0. The molecule has 0 aromatic heterocycles. The molecule has 1 saturated carbocycles. The number of hydrogen-bond acceptors (Lipinski definition) is 2. The first-order chi connectivity index (χ1) is 6.07. The summed E-state index contributed by atoms with van der Waals surface area (Å²) < 4.78 is 5.79. The molecular formula is C11H21NO. The predicted molar refractivity (Wildman–Crippen MR) is 53.5 cm³/mol. The first kappa shape index (κ1) is 9.47. The lowest BCUT2D eigenvalue weighted by Crippen LogP contribution is -2.52. The molecule has 0 aromatic carbocycles. The molecule has 13 heavy (non-hydrogen) atoms. The standard InChI is InChI=1S/C11H21NO/c1-8-5-11(12,6-8)7-10-4-3-9(2)13-10/h8-10H,3-7,12H2,1-2H3. The molecule has 2 heteroatoms. The monoisotopic (exact) mass is 183 g/mol. The summed E-state index contributed by atoms with van der Waals surface area (Å²) in [5, 5.41) is 0. The minimum Gasteiger partial charge on any atom is -0.375 e. The van der Waals surface area contributed by atoms with Crippen molar-refractivity contribution < 1.29 is 4.74 Å². The molecular weight excluding hydrogens is 162 g/mol. The molecule has 2 N–H and O–H groups in total. The third kappa shape index (κ3) is 2.05. The largest absolute Gasteiger partial charge is 0.375 e. The van der Waals surface area contributed by atoms with Gasteiger partial charge in [0.15, 0.2) is 0 Å². The van der Waals surface area contributed by atoms with E-state index in [0.29, 0.717) is 12.2 Å². The highest BCUT2D eigenvalue weighted by molar-refractivity contribution is 4.98. The second-order valence-corrected chi connectivity index (χ2v) is 5.23. The molecule has 0 radical (unpaired) electrons. The van der Waals surface area contributed by atoms with Crippen molar-refractivity contribution in [2.75, 3.05) is 0 Å². The number of ether oxygens (including phenoxy) is 1. The lowest BCUT2D eigenvalue weighted by Gasteiger charge is -2.44. The zero-order valence-corrected chi connectivity index (χ0v) is 8.75. The molecule has 76 valence electrons. The van der Waals surface area contributed by atoms with Crippen molar-refractivity contribution in [3.8, 4) is 0 Å². The Balaban J connectivity index is 1.78. The Morgan fingerprint density at radius 3 is 2.46 bits per heavy atom. The van der Waals surface area contributed by atoms with E-state index in [1.54, 1.807) is 0 Å². The zero-order chi connectivity index (χ0) is 9.47. The SMILES string of the molecule is CC1CC(N)(CC2CCC(C)O2)C1. The number of hydrogen-bond donors (Lipinski definition) is 1. The van der Waals surface area contributed by atoms with Crippen molar-refractivity contribution in [3.63, 3.8) is 0 Å². The fourth-order valence-electron chi connectivity index (χ4n) is 2.98. The van der Waals surface area contributed by atoms with E-state index in [2.05, 4.69) is 13.8 Å². The number of nitrogens with two attached hydrogens (primary N) is 1. The van der Waals surface area contributed by atoms with Crippen LogP contribution in [0.5, 0.6) is 0 Å². The van der Waals surface area contributed by atoms with Crippen LogP contribution in [0.2, 0.25) is 0 Å². The van der Waals surface area contributed by atoms with Crippen molar-refractivity contribution in [3.05, 3.63) is 0 Å². The Hall–Kier alpha value is -0.0800. The van der Waals surface area contributed by atoms with Gasteiger partial charge in [-0.3, -0.25) is 0 Å². The van der Waals surface area contributed by atoms with E-state index in [1.165, 1.54) is 25.7 Å². The van der Waals surface area contributed by atoms with Crippen molar-refractivity contribution in [2.45, 2.75) is 63.7 Å². The van der Waals surface area contributed by atoms with E-state index in [0.717, 1.165) is 12.3 Å². The van der Waals surface area contributed by atoms with Crippen molar-refractivity contribution >= 4 is 0 Å². The van der Waals surface area contributed by atoms with Gasteiger partial charge in [0, 0.05) is 5.54 Å². The Bertz CT molecular complexity index is 187. The summed E-state index contributed by atoms with van der Waals surface area (Å²) in [6.45, 7) is 4.44. The normalized spacial score (nSPS) is 50.5. The lowest BCUT2D eigenvalue weighted by molar-refractivity contribution is 0.0142. The lowest BCUT2D eigenvalue weighted by atomic mass is 9.67. The molecule has 1 saturated heterocycles. The molecule has 2 aliphatic rings. The molecule has 1 aliphatic heterocycles. The van der Waals surface area contributed by atoms with E-state index >= 15 is 0 Å². The van der Waals surface area contributed by atoms with Gasteiger partial charge in [0.05, 0.1) is 12.2 Å². The van der Waals surface area contributed by atoms with Crippen LogP contribution in [0.3, 0.4) is 0 Å². The van der Waals surface area contributed by atoms with Crippen LogP contribution in [0, 0.1) is 5.92 Å². The third-order valence-electron chi connectivity index (χ3n) is 3.46. The first-order valence-electron chi connectivity index (χ1n) is 5.52. The number of rotatable bonds is 2. The molecule has 0 bridgehead atoms. The molecule has 1 heterocycles. The Labute approximate surface area is 80.8 Å². The first-order valence-corrected chi connectivity index (χ1v) is 5.52. The molecule has 2 nitrogen and oxygen atoms in total. The zero-order valence-electron chi connectivity index (χ0n) is 8.75. The fourth-order valence-corrected chi connectivity index (χ4v) is 2.98. The van der Waals surface area contributed by atoms with Gasteiger partial charge in [0.2, 0.25) is 0 Å². The minimum absolute atomic E-state index is 0.119. The van der Waals surface area contributed by atoms with Gasteiger partial charge in [-0.05, 0) is 44.9 Å². The van der Waals surface area contributed by atoms with Crippen LogP contribution in [-0.4, -0.2) is 17.7 Å². The van der Waals surface area contributed by atoms with Gasteiger partial charge < -0.3 is 10.5 Å². The highest BCUT2D eigenvalue weighted by Gasteiger charge is 2.41. The smallest absolute Gasteiger partial charge is 0.0597 e. The maximum absolute atomic E-state index is 6.24. The van der Waals surface area contributed by atoms with Crippen LogP contribution in [-0.2, 0) is 4.74 Å². The van der Waals surface area contributed by atoms with E-state index < -0.39 is 0 Å². The van der Waals surface area contributed by atoms with Crippen molar-refractivity contribution in [2.24, 2.45) is 11.7 Å². The molecule has 2 atom stereocenters. The predicted octanol–water partition coefficient (Wildman–Crippen LogP) is 2.07. The summed E-state index contributed by atoms with van der Waals surface area (Å²) in [4.78, 5) is 0. The molecule has 1 aliphatic carbocycles. The topological polar surface area (TPSA) is 35.2 Å². The van der Waals surface area contributed by atoms with Crippen LogP contribution in [0.1, 0.15) is 46.0 Å². The second-order valence-electron chi connectivity index (χ2n) is 5.23. The quantitative estimate of drug-likeness (QED) is 0.711. The van der Waals surface area contributed by atoms with Crippen LogP contribution < -0.4 is 5.73 Å². The van der Waals surface area contributed by atoms with E-state index in [1.807, 2.05) is 0 Å². The average molecular weight is 183 g/mol. The molecule has 0 spiro atoms. The van der Waals surface area contributed by atoms with Gasteiger partial charge in [-0.2, -0.15) is 0 Å². The summed E-state index contributed by atoms with van der Waals surface area (Å²) in [5.41, 5.74) is 6.36. The second kappa shape index (κ2) is 3.25. The summed E-state index contributed by atoms with van der Waals surface area (Å²) in [5.74, 6) is 0.837. The Morgan fingerprint density at radius 2 is 2.00 bits per heavy atom. The maximum atomic E-state index is 6.24. The molecule has 0 amide bonds. The minimum atomic E-state index is 0.119. The van der Waals surface area contributed by atoms with Gasteiger partial charge in [-0.15, -0.1) is 0 Å². The highest BCUT2D eigenvalue weighted by atomic mass is 16.5. The summed E-state index contributed by atoms with van der Waals surface area (Å²) in [6.07, 6.45) is 6.83. The van der Waals surface area contributed by atoms with Crippen LogP contribution in [0.4, 0.5) is 0 Å². The van der Waals surface area contributed by atoms with Crippen LogP contribution in [0.15, 0.2) is 0 Å². The van der Waals surface area contributed by atoms with Crippen LogP contribution >= 0.6 is 0 Å². The fraction of sp³-hybridized carbons (Fsp3) is 1.00. The van der Waals surface area contributed by atoms with Gasteiger partial charge in [0.1, 0.15) is 0 Å². The van der Waals surface area contributed by atoms with Crippen molar-refractivity contribution in [1.82, 2.24) is 0 Å². The Kier molecular flexibility index (Phi) is 2.37. The van der Waals surface area contributed by atoms with E-state index in [9.17, 15) is 0 Å². The van der Waals surface area contributed by atoms with Gasteiger partial charge in [-0.1, -0.05) is 6.92 Å². The van der Waals surface area contributed by atoms with Crippen LogP contribution in [0.25, 0.3) is 0 Å². The van der Waals surface area contributed by atoms with E-state index in [4.69, 9.17) is 10.5 Å². The van der Waals surface area contributed by atoms with Gasteiger partial charge in [-0.25, -0.2) is 0 Å².